The number of carbonyl (C=O) groups is 1. The van der Waals surface area contributed by atoms with Crippen LogP contribution < -0.4 is 5.32 Å². The maximum absolute atomic E-state index is 12.3. The first kappa shape index (κ1) is 17.9. The average molecular weight is 391 g/mol. The first-order chi connectivity index (χ1) is 13.7. The summed E-state index contributed by atoms with van der Waals surface area (Å²) < 4.78 is 1.95. The van der Waals surface area contributed by atoms with E-state index >= 15 is 0 Å². The summed E-state index contributed by atoms with van der Waals surface area (Å²) in [5.41, 5.74) is 1.56. The van der Waals surface area contributed by atoms with Crippen LogP contribution in [0, 0.1) is 0 Å². The summed E-state index contributed by atoms with van der Waals surface area (Å²) in [4.78, 5) is 18.9. The molecule has 0 aliphatic rings. The number of rotatable bonds is 6. The van der Waals surface area contributed by atoms with Crippen molar-refractivity contribution in [2.75, 3.05) is 5.32 Å². The molecule has 140 valence electrons. The SMILES string of the molecule is Cn1ccnc1Sc1ccc(NC(=O)Cn2nnc(-c3ccccc3)n2)cc1. The zero-order valence-corrected chi connectivity index (χ0v) is 15.9. The van der Waals surface area contributed by atoms with Gasteiger partial charge in [0.25, 0.3) is 0 Å². The second kappa shape index (κ2) is 8.05. The molecule has 4 aromatic rings. The van der Waals surface area contributed by atoms with E-state index in [4.69, 9.17) is 0 Å². The number of anilines is 1. The molecular formula is C19H17N7OS. The molecular weight excluding hydrogens is 374 g/mol. The van der Waals surface area contributed by atoms with Gasteiger partial charge in [-0.2, -0.15) is 4.80 Å². The van der Waals surface area contributed by atoms with Crippen LogP contribution in [0.5, 0.6) is 0 Å². The van der Waals surface area contributed by atoms with E-state index in [9.17, 15) is 4.79 Å². The summed E-state index contributed by atoms with van der Waals surface area (Å²) in [5.74, 6) is 0.269. The van der Waals surface area contributed by atoms with Gasteiger partial charge < -0.3 is 9.88 Å². The third kappa shape index (κ3) is 4.26. The van der Waals surface area contributed by atoms with E-state index in [1.807, 2.05) is 72.4 Å². The third-order valence-corrected chi connectivity index (χ3v) is 4.98. The number of hydrogen-bond donors (Lipinski definition) is 1. The predicted octanol–water partition coefficient (Wildman–Crippen LogP) is 2.86. The molecule has 0 saturated carbocycles. The second-order valence-electron chi connectivity index (χ2n) is 6.00. The Hall–Kier alpha value is -3.46. The van der Waals surface area contributed by atoms with Crippen molar-refractivity contribution in [3.8, 4) is 11.4 Å². The van der Waals surface area contributed by atoms with Crippen LogP contribution in [0.2, 0.25) is 0 Å². The molecule has 2 aromatic heterocycles. The standard InChI is InChI=1S/C19H17N7OS/c1-25-12-11-20-19(25)28-16-9-7-15(8-10-16)21-17(27)13-26-23-18(22-24-26)14-5-3-2-4-6-14/h2-12H,13H2,1H3,(H,21,27). The van der Waals surface area contributed by atoms with Gasteiger partial charge in [0.2, 0.25) is 11.7 Å². The zero-order valence-electron chi connectivity index (χ0n) is 15.1. The Morgan fingerprint density at radius 2 is 1.89 bits per heavy atom. The highest BCUT2D eigenvalue weighted by Crippen LogP contribution is 2.26. The largest absolute Gasteiger partial charge is 0.329 e. The maximum Gasteiger partial charge on any atom is 0.248 e. The Labute approximate surface area is 165 Å². The monoisotopic (exact) mass is 391 g/mol. The average Bonchev–Trinajstić information content (AvgIpc) is 3.33. The van der Waals surface area contributed by atoms with Crippen molar-refractivity contribution >= 4 is 23.4 Å². The molecule has 2 aromatic carbocycles. The molecule has 0 spiro atoms. The molecule has 2 heterocycles. The van der Waals surface area contributed by atoms with Gasteiger partial charge in [-0.1, -0.05) is 42.1 Å². The number of nitrogens with one attached hydrogen (secondary N) is 1. The number of nitrogens with zero attached hydrogens (tertiary/aromatic N) is 6. The molecule has 0 aliphatic heterocycles. The molecule has 8 nitrogen and oxygen atoms in total. The molecule has 9 heteroatoms. The highest BCUT2D eigenvalue weighted by Gasteiger charge is 2.10. The van der Waals surface area contributed by atoms with Gasteiger partial charge in [0.1, 0.15) is 6.54 Å². The van der Waals surface area contributed by atoms with Crippen molar-refractivity contribution in [1.82, 2.24) is 29.8 Å². The molecule has 1 amide bonds. The van der Waals surface area contributed by atoms with Crippen molar-refractivity contribution < 1.29 is 4.79 Å². The lowest BCUT2D eigenvalue weighted by Crippen LogP contribution is -2.20. The highest BCUT2D eigenvalue weighted by molar-refractivity contribution is 7.99. The van der Waals surface area contributed by atoms with E-state index in [0.717, 1.165) is 15.6 Å². The summed E-state index contributed by atoms with van der Waals surface area (Å²) in [7, 11) is 1.95. The van der Waals surface area contributed by atoms with Crippen LogP contribution in [0.4, 0.5) is 5.69 Å². The van der Waals surface area contributed by atoms with Crippen molar-refractivity contribution in [2.24, 2.45) is 7.05 Å². The van der Waals surface area contributed by atoms with Gasteiger partial charge in [0.15, 0.2) is 5.16 Å². The highest BCUT2D eigenvalue weighted by atomic mass is 32.2. The molecule has 0 atom stereocenters. The van der Waals surface area contributed by atoms with E-state index in [2.05, 4.69) is 25.7 Å². The third-order valence-electron chi connectivity index (χ3n) is 3.89. The summed E-state index contributed by atoms with van der Waals surface area (Å²) in [6, 6.07) is 17.1. The molecule has 0 aliphatic carbocycles. The molecule has 0 saturated heterocycles. The summed E-state index contributed by atoms with van der Waals surface area (Å²) in [5, 5.41) is 15.9. The summed E-state index contributed by atoms with van der Waals surface area (Å²) in [6.07, 6.45) is 3.66. The first-order valence-corrected chi connectivity index (χ1v) is 9.37. The summed E-state index contributed by atoms with van der Waals surface area (Å²) >= 11 is 1.56. The Morgan fingerprint density at radius 1 is 1.11 bits per heavy atom. The van der Waals surface area contributed by atoms with Gasteiger partial charge in [-0.15, -0.1) is 10.2 Å². The minimum Gasteiger partial charge on any atom is -0.329 e. The molecule has 0 unspecified atom stereocenters. The molecule has 0 radical (unpaired) electrons. The number of hydrogen-bond acceptors (Lipinski definition) is 6. The number of aryl methyl sites for hydroxylation is 1. The van der Waals surface area contributed by atoms with E-state index in [1.54, 1.807) is 18.0 Å². The van der Waals surface area contributed by atoms with Crippen molar-refractivity contribution in [2.45, 2.75) is 16.6 Å². The Kier molecular flexibility index (Phi) is 5.16. The topological polar surface area (TPSA) is 90.5 Å². The fraction of sp³-hybridized carbons (Fsp3) is 0.105. The molecule has 28 heavy (non-hydrogen) atoms. The van der Waals surface area contributed by atoms with E-state index in [-0.39, 0.29) is 12.5 Å². The lowest BCUT2D eigenvalue weighted by molar-refractivity contribution is -0.117. The number of amides is 1. The fourth-order valence-corrected chi connectivity index (χ4v) is 3.31. The fourth-order valence-electron chi connectivity index (χ4n) is 2.50. The van der Waals surface area contributed by atoms with Gasteiger partial charge in [-0.05, 0) is 29.5 Å². The lowest BCUT2D eigenvalue weighted by Gasteiger charge is -2.06. The first-order valence-electron chi connectivity index (χ1n) is 8.56. The number of imidazole rings is 1. The van der Waals surface area contributed by atoms with Crippen molar-refractivity contribution in [3.63, 3.8) is 0 Å². The Balaban J connectivity index is 1.35. The van der Waals surface area contributed by atoms with Crippen LogP contribution in [0.3, 0.4) is 0 Å². The van der Waals surface area contributed by atoms with Gasteiger partial charge in [-0.25, -0.2) is 4.98 Å². The number of aromatic nitrogens is 6. The van der Waals surface area contributed by atoms with Gasteiger partial charge in [0.05, 0.1) is 0 Å². The predicted molar refractivity (Wildman–Crippen MR) is 106 cm³/mol. The van der Waals surface area contributed by atoms with Crippen LogP contribution in [0.15, 0.2) is 77.0 Å². The van der Waals surface area contributed by atoms with E-state index < -0.39 is 0 Å². The van der Waals surface area contributed by atoms with Gasteiger partial charge >= 0.3 is 0 Å². The smallest absolute Gasteiger partial charge is 0.248 e. The summed E-state index contributed by atoms with van der Waals surface area (Å²) in [6.45, 7) is -0.0103. The van der Waals surface area contributed by atoms with Crippen LogP contribution in [-0.4, -0.2) is 35.7 Å². The molecule has 1 N–H and O–H groups in total. The lowest BCUT2D eigenvalue weighted by atomic mass is 10.2. The normalized spacial score (nSPS) is 10.8. The molecule has 0 bridgehead atoms. The molecule has 4 rings (SSSR count). The quantitative estimate of drug-likeness (QED) is 0.543. The number of carbonyl (C=O) groups excluding carboxylic acids is 1. The van der Waals surface area contributed by atoms with Crippen molar-refractivity contribution in [3.05, 3.63) is 67.0 Å². The van der Waals surface area contributed by atoms with Crippen LogP contribution in [0.1, 0.15) is 0 Å². The minimum absolute atomic E-state index is 0.0103. The number of benzene rings is 2. The molecule has 0 fully saturated rings. The zero-order chi connectivity index (χ0) is 19.3. The van der Waals surface area contributed by atoms with Crippen LogP contribution in [0.25, 0.3) is 11.4 Å². The van der Waals surface area contributed by atoms with Gasteiger partial charge in [0, 0.05) is 35.6 Å². The number of tetrazole rings is 1. The Morgan fingerprint density at radius 3 is 2.61 bits per heavy atom. The van der Waals surface area contributed by atoms with Crippen LogP contribution in [-0.2, 0) is 18.4 Å². The minimum atomic E-state index is -0.221. The van der Waals surface area contributed by atoms with Gasteiger partial charge in [-0.3, -0.25) is 4.79 Å². The van der Waals surface area contributed by atoms with Crippen molar-refractivity contribution in [1.29, 1.82) is 0 Å². The second-order valence-corrected chi connectivity index (χ2v) is 7.05. The van der Waals surface area contributed by atoms with E-state index in [0.29, 0.717) is 11.5 Å². The van der Waals surface area contributed by atoms with Crippen LogP contribution >= 0.6 is 11.8 Å². The maximum atomic E-state index is 12.3. The Bertz CT molecular complexity index is 1070. The van der Waals surface area contributed by atoms with E-state index in [1.165, 1.54) is 4.80 Å².